The molecule has 0 bridgehead atoms. The van der Waals surface area contributed by atoms with Gasteiger partial charge in [0.2, 0.25) is 0 Å². The predicted octanol–water partition coefficient (Wildman–Crippen LogP) is 1.82. The molecule has 0 aliphatic heterocycles. The lowest BCUT2D eigenvalue weighted by atomic mass is 10.2. The smallest absolute Gasteiger partial charge is 0.252 e. The van der Waals surface area contributed by atoms with Crippen LogP contribution in [0.1, 0.15) is 15.9 Å². The van der Waals surface area contributed by atoms with E-state index >= 15 is 0 Å². The molecule has 0 radical (unpaired) electrons. The number of nitrogens with two attached hydrogens (primary N) is 1. The third-order valence-electron chi connectivity index (χ3n) is 2.36. The van der Waals surface area contributed by atoms with Crippen molar-refractivity contribution in [1.29, 1.82) is 0 Å². The average molecular weight is 313 g/mol. The number of nitrogens with zero attached hydrogens (tertiary/aromatic N) is 1. The fourth-order valence-corrected chi connectivity index (χ4v) is 1.83. The lowest BCUT2D eigenvalue weighted by Crippen LogP contribution is -2.23. The van der Waals surface area contributed by atoms with Crippen LogP contribution in [0.25, 0.3) is 0 Å². The Hall–Kier alpha value is -1.89. The van der Waals surface area contributed by atoms with Crippen LogP contribution in [0.2, 0.25) is 0 Å². The molecule has 1 aromatic carbocycles. The summed E-state index contributed by atoms with van der Waals surface area (Å²) in [5.41, 5.74) is 6.49. The van der Waals surface area contributed by atoms with Gasteiger partial charge >= 0.3 is 0 Å². The van der Waals surface area contributed by atoms with Gasteiger partial charge in [-0.1, -0.05) is 0 Å². The van der Waals surface area contributed by atoms with Crippen LogP contribution < -0.4 is 11.1 Å². The van der Waals surface area contributed by atoms with Gasteiger partial charge in [0.25, 0.3) is 5.91 Å². The van der Waals surface area contributed by atoms with Crippen molar-refractivity contribution in [1.82, 2.24) is 15.5 Å². The van der Waals surface area contributed by atoms with E-state index in [1.807, 2.05) is 0 Å². The summed E-state index contributed by atoms with van der Waals surface area (Å²) in [5.74, 6) is -0.457. The molecular formula is C11H10BrFN4O. The molecule has 5 nitrogen and oxygen atoms in total. The van der Waals surface area contributed by atoms with Gasteiger partial charge < -0.3 is 11.1 Å². The Balaban J connectivity index is 2.08. The molecule has 2 rings (SSSR count). The van der Waals surface area contributed by atoms with E-state index in [0.717, 1.165) is 6.07 Å². The number of benzene rings is 1. The van der Waals surface area contributed by atoms with Gasteiger partial charge in [-0.2, -0.15) is 5.10 Å². The molecular weight excluding hydrogens is 303 g/mol. The lowest BCUT2D eigenvalue weighted by molar-refractivity contribution is 0.0950. The Labute approximate surface area is 111 Å². The number of nitrogen functional groups attached to an aromatic ring is 1. The van der Waals surface area contributed by atoms with Gasteiger partial charge in [0.15, 0.2) is 0 Å². The number of amides is 1. The second-order valence-electron chi connectivity index (χ2n) is 3.62. The van der Waals surface area contributed by atoms with Gasteiger partial charge in [0.1, 0.15) is 11.6 Å². The Kier molecular flexibility index (Phi) is 3.61. The van der Waals surface area contributed by atoms with Gasteiger partial charge in [-0.3, -0.25) is 9.89 Å². The number of rotatable bonds is 3. The summed E-state index contributed by atoms with van der Waals surface area (Å²) in [7, 11) is 0. The summed E-state index contributed by atoms with van der Waals surface area (Å²) in [6.45, 7) is 0.226. The summed E-state index contributed by atoms with van der Waals surface area (Å²) in [6, 6.07) is 3.92. The molecule has 0 unspecified atom stereocenters. The molecule has 1 amide bonds. The zero-order valence-corrected chi connectivity index (χ0v) is 10.8. The van der Waals surface area contributed by atoms with Crippen molar-refractivity contribution in [2.75, 3.05) is 5.73 Å². The van der Waals surface area contributed by atoms with Crippen molar-refractivity contribution in [3.05, 3.63) is 45.8 Å². The fourth-order valence-electron chi connectivity index (χ4n) is 1.40. The number of H-pyrrole nitrogens is 1. The summed E-state index contributed by atoms with van der Waals surface area (Å²) in [4.78, 5) is 11.8. The number of halogens is 2. The minimum absolute atomic E-state index is 0.226. The van der Waals surface area contributed by atoms with Crippen molar-refractivity contribution >= 4 is 27.7 Å². The summed E-state index contributed by atoms with van der Waals surface area (Å²) in [5, 5.41) is 8.93. The van der Waals surface area contributed by atoms with Crippen LogP contribution in [-0.4, -0.2) is 16.1 Å². The Morgan fingerprint density at radius 3 is 3.00 bits per heavy atom. The van der Waals surface area contributed by atoms with Crippen molar-refractivity contribution in [2.45, 2.75) is 6.54 Å². The summed E-state index contributed by atoms with van der Waals surface area (Å²) in [6.07, 6.45) is 1.52. The van der Waals surface area contributed by atoms with Crippen LogP contribution in [0.5, 0.6) is 0 Å². The highest BCUT2D eigenvalue weighted by atomic mass is 79.9. The maximum atomic E-state index is 13.0. The molecule has 0 atom stereocenters. The molecule has 0 saturated carbocycles. The average Bonchev–Trinajstić information content (AvgIpc) is 2.75. The second kappa shape index (κ2) is 5.18. The molecule has 1 aromatic heterocycles. The van der Waals surface area contributed by atoms with Gasteiger partial charge in [-0.25, -0.2) is 4.39 Å². The Morgan fingerprint density at radius 2 is 2.33 bits per heavy atom. The van der Waals surface area contributed by atoms with Crippen molar-refractivity contribution in [3.63, 3.8) is 0 Å². The highest BCUT2D eigenvalue weighted by Gasteiger charge is 2.11. The van der Waals surface area contributed by atoms with Gasteiger partial charge in [0.05, 0.1) is 11.8 Å². The minimum atomic E-state index is -0.467. The number of anilines is 1. The molecule has 18 heavy (non-hydrogen) atoms. The standard InChI is InChI=1S/C11H10BrFN4O/c12-9-2-1-7(13)3-8(9)11(18)15-4-6-5-16-17-10(6)14/h1-3,5H,4H2,(H,15,18)(H3,14,16,17). The summed E-state index contributed by atoms with van der Waals surface area (Å²) >= 11 is 3.19. The van der Waals surface area contributed by atoms with E-state index in [2.05, 4.69) is 31.4 Å². The largest absolute Gasteiger partial charge is 0.384 e. The zero-order valence-electron chi connectivity index (χ0n) is 9.21. The normalized spacial score (nSPS) is 10.3. The molecule has 2 aromatic rings. The molecule has 0 aliphatic carbocycles. The number of hydrogen-bond donors (Lipinski definition) is 3. The number of carbonyl (C=O) groups is 1. The van der Waals surface area contributed by atoms with E-state index in [1.165, 1.54) is 18.3 Å². The molecule has 0 fully saturated rings. The Bertz CT molecular complexity index is 584. The first-order chi connectivity index (χ1) is 8.58. The van der Waals surface area contributed by atoms with Crippen molar-refractivity contribution < 1.29 is 9.18 Å². The van der Waals surface area contributed by atoms with E-state index in [0.29, 0.717) is 15.9 Å². The molecule has 94 valence electrons. The van der Waals surface area contributed by atoms with Gasteiger partial charge in [0, 0.05) is 16.6 Å². The maximum Gasteiger partial charge on any atom is 0.252 e. The maximum absolute atomic E-state index is 13.0. The third kappa shape index (κ3) is 2.67. The molecule has 4 N–H and O–H groups in total. The van der Waals surface area contributed by atoms with Crippen LogP contribution in [-0.2, 0) is 6.54 Å². The molecule has 1 heterocycles. The van der Waals surface area contributed by atoms with Crippen LogP contribution in [0.15, 0.2) is 28.9 Å². The van der Waals surface area contributed by atoms with Crippen molar-refractivity contribution in [2.24, 2.45) is 0 Å². The number of aromatic nitrogens is 2. The fraction of sp³-hybridized carbons (Fsp3) is 0.0909. The molecule has 0 aliphatic rings. The highest BCUT2D eigenvalue weighted by molar-refractivity contribution is 9.10. The third-order valence-corrected chi connectivity index (χ3v) is 3.06. The van der Waals surface area contributed by atoms with E-state index in [9.17, 15) is 9.18 Å². The zero-order chi connectivity index (χ0) is 13.1. The van der Waals surface area contributed by atoms with Crippen LogP contribution in [0.4, 0.5) is 10.2 Å². The first-order valence-electron chi connectivity index (χ1n) is 5.09. The Morgan fingerprint density at radius 1 is 1.56 bits per heavy atom. The van der Waals surface area contributed by atoms with Gasteiger partial charge in [-0.15, -0.1) is 0 Å². The first-order valence-corrected chi connectivity index (χ1v) is 5.88. The minimum Gasteiger partial charge on any atom is -0.384 e. The lowest BCUT2D eigenvalue weighted by Gasteiger charge is -2.06. The van der Waals surface area contributed by atoms with Crippen LogP contribution in [0.3, 0.4) is 0 Å². The number of nitrogens with one attached hydrogen (secondary N) is 2. The second-order valence-corrected chi connectivity index (χ2v) is 4.47. The van der Waals surface area contributed by atoms with E-state index in [-0.39, 0.29) is 18.0 Å². The topological polar surface area (TPSA) is 83.8 Å². The molecule has 0 spiro atoms. The predicted molar refractivity (Wildman–Crippen MR) is 68.3 cm³/mol. The van der Waals surface area contributed by atoms with E-state index < -0.39 is 5.82 Å². The first kappa shape index (κ1) is 12.6. The van der Waals surface area contributed by atoms with Crippen LogP contribution >= 0.6 is 15.9 Å². The van der Waals surface area contributed by atoms with E-state index in [4.69, 9.17) is 5.73 Å². The monoisotopic (exact) mass is 312 g/mol. The number of carbonyl (C=O) groups excluding carboxylic acids is 1. The number of hydrogen-bond acceptors (Lipinski definition) is 3. The molecule has 0 saturated heterocycles. The van der Waals surface area contributed by atoms with Crippen molar-refractivity contribution in [3.8, 4) is 0 Å². The van der Waals surface area contributed by atoms with Crippen LogP contribution in [0, 0.1) is 5.82 Å². The van der Waals surface area contributed by atoms with Gasteiger partial charge in [-0.05, 0) is 34.1 Å². The SMILES string of the molecule is Nc1[nH]ncc1CNC(=O)c1cc(F)ccc1Br. The number of aromatic amines is 1. The molecule has 7 heteroatoms. The highest BCUT2D eigenvalue weighted by Crippen LogP contribution is 2.18. The summed E-state index contributed by atoms with van der Waals surface area (Å²) < 4.78 is 13.6. The van der Waals surface area contributed by atoms with E-state index in [1.54, 1.807) is 0 Å². The quantitative estimate of drug-likeness (QED) is 0.808.